The highest BCUT2D eigenvalue weighted by Crippen LogP contribution is 2.28. The van der Waals surface area contributed by atoms with Gasteiger partial charge in [0.05, 0.1) is 18.3 Å². The zero-order valence-corrected chi connectivity index (χ0v) is 11.2. The molecule has 1 aliphatic rings. The molecule has 0 bridgehead atoms. The van der Waals surface area contributed by atoms with Crippen LogP contribution in [0.3, 0.4) is 0 Å². The van der Waals surface area contributed by atoms with Gasteiger partial charge < -0.3 is 15.4 Å². The summed E-state index contributed by atoms with van der Waals surface area (Å²) in [6, 6.07) is 7.95. The van der Waals surface area contributed by atoms with E-state index in [-0.39, 0.29) is 0 Å². The first kappa shape index (κ1) is 12.1. The van der Waals surface area contributed by atoms with Gasteiger partial charge in [-0.3, -0.25) is 0 Å². The maximum atomic E-state index is 6.07. The second kappa shape index (κ2) is 4.96. The predicted molar refractivity (Wildman–Crippen MR) is 78.8 cm³/mol. The summed E-state index contributed by atoms with van der Waals surface area (Å²) >= 11 is 0. The number of pyridine rings is 1. The standard InChI is InChI=1S/C15H19N3O/c1-19-12-9-11-5-6-14(17-15(11)13(16)10-12)18-7-3-2-4-8-18/h5-6,9-10H,2-4,7-8,16H2,1H3. The summed E-state index contributed by atoms with van der Waals surface area (Å²) in [5.41, 5.74) is 7.61. The maximum absolute atomic E-state index is 6.07. The lowest BCUT2D eigenvalue weighted by atomic mass is 10.1. The van der Waals surface area contributed by atoms with Gasteiger partial charge in [0, 0.05) is 24.5 Å². The first-order valence-electron chi connectivity index (χ1n) is 6.77. The van der Waals surface area contributed by atoms with Crippen molar-refractivity contribution >= 4 is 22.4 Å². The number of methoxy groups -OCH3 is 1. The lowest BCUT2D eigenvalue weighted by Gasteiger charge is -2.27. The number of rotatable bonds is 2. The van der Waals surface area contributed by atoms with E-state index < -0.39 is 0 Å². The van der Waals surface area contributed by atoms with Crippen LogP contribution in [0.2, 0.25) is 0 Å². The van der Waals surface area contributed by atoms with Crippen molar-refractivity contribution in [2.24, 2.45) is 0 Å². The Morgan fingerprint density at radius 2 is 1.95 bits per heavy atom. The number of anilines is 2. The number of nitrogen functional groups attached to an aromatic ring is 1. The van der Waals surface area contributed by atoms with E-state index in [4.69, 9.17) is 15.5 Å². The van der Waals surface area contributed by atoms with Crippen LogP contribution in [-0.2, 0) is 0 Å². The van der Waals surface area contributed by atoms with Gasteiger partial charge in [0.15, 0.2) is 0 Å². The molecule has 19 heavy (non-hydrogen) atoms. The molecule has 0 atom stereocenters. The van der Waals surface area contributed by atoms with E-state index in [1.54, 1.807) is 7.11 Å². The molecule has 100 valence electrons. The largest absolute Gasteiger partial charge is 0.497 e. The van der Waals surface area contributed by atoms with Crippen molar-refractivity contribution < 1.29 is 4.74 Å². The van der Waals surface area contributed by atoms with Gasteiger partial charge in [0.2, 0.25) is 0 Å². The predicted octanol–water partition coefficient (Wildman–Crippen LogP) is 2.82. The smallest absolute Gasteiger partial charge is 0.129 e. The average molecular weight is 257 g/mol. The number of piperidine rings is 1. The number of nitrogens with two attached hydrogens (primary N) is 1. The van der Waals surface area contributed by atoms with Gasteiger partial charge in [-0.15, -0.1) is 0 Å². The molecule has 1 fully saturated rings. The number of ether oxygens (including phenoxy) is 1. The van der Waals surface area contributed by atoms with Crippen LogP contribution < -0.4 is 15.4 Å². The molecule has 3 rings (SSSR count). The molecule has 0 aliphatic carbocycles. The number of nitrogens with zero attached hydrogens (tertiary/aromatic N) is 2. The Morgan fingerprint density at radius 3 is 2.68 bits per heavy atom. The van der Waals surface area contributed by atoms with Crippen LogP contribution in [0.25, 0.3) is 10.9 Å². The summed E-state index contributed by atoms with van der Waals surface area (Å²) < 4.78 is 5.23. The summed E-state index contributed by atoms with van der Waals surface area (Å²) in [4.78, 5) is 7.06. The summed E-state index contributed by atoms with van der Waals surface area (Å²) in [6.45, 7) is 2.18. The number of hydrogen-bond acceptors (Lipinski definition) is 4. The molecule has 1 aromatic carbocycles. The fourth-order valence-electron chi connectivity index (χ4n) is 2.64. The molecule has 2 aromatic rings. The Labute approximate surface area is 113 Å². The molecule has 0 unspecified atom stereocenters. The van der Waals surface area contributed by atoms with Crippen LogP contribution in [-0.4, -0.2) is 25.2 Å². The summed E-state index contributed by atoms with van der Waals surface area (Å²) in [6.07, 6.45) is 3.82. The molecule has 0 amide bonds. The van der Waals surface area contributed by atoms with E-state index in [9.17, 15) is 0 Å². The fourth-order valence-corrected chi connectivity index (χ4v) is 2.64. The van der Waals surface area contributed by atoms with Gasteiger partial charge in [-0.2, -0.15) is 0 Å². The molecular weight excluding hydrogens is 238 g/mol. The first-order chi connectivity index (χ1) is 9.28. The minimum Gasteiger partial charge on any atom is -0.497 e. The molecular formula is C15H19N3O. The van der Waals surface area contributed by atoms with Gasteiger partial charge in [-0.05, 0) is 37.5 Å². The van der Waals surface area contributed by atoms with Crippen LogP contribution >= 0.6 is 0 Å². The van der Waals surface area contributed by atoms with Crippen molar-refractivity contribution in [3.63, 3.8) is 0 Å². The topological polar surface area (TPSA) is 51.4 Å². The molecule has 0 radical (unpaired) electrons. The fraction of sp³-hybridized carbons (Fsp3) is 0.400. The third-order valence-corrected chi connectivity index (χ3v) is 3.70. The van der Waals surface area contributed by atoms with E-state index in [1.807, 2.05) is 12.1 Å². The molecule has 0 saturated carbocycles. The van der Waals surface area contributed by atoms with Gasteiger partial charge in [0.25, 0.3) is 0 Å². The zero-order chi connectivity index (χ0) is 13.2. The van der Waals surface area contributed by atoms with Crippen molar-refractivity contribution in [3.8, 4) is 5.75 Å². The van der Waals surface area contributed by atoms with Crippen LogP contribution in [0.1, 0.15) is 19.3 Å². The molecule has 2 heterocycles. The van der Waals surface area contributed by atoms with Crippen molar-refractivity contribution in [3.05, 3.63) is 24.3 Å². The molecule has 1 saturated heterocycles. The number of fused-ring (bicyclic) bond motifs is 1. The number of benzene rings is 1. The van der Waals surface area contributed by atoms with E-state index in [0.717, 1.165) is 35.6 Å². The van der Waals surface area contributed by atoms with Crippen LogP contribution in [0.15, 0.2) is 24.3 Å². The van der Waals surface area contributed by atoms with Crippen molar-refractivity contribution in [1.29, 1.82) is 0 Å². The SMILES string of the molecule is COc1cc(N)c2nc(N3CCCCC3)ccc2c1. The van der Waals surface area contributed by atoms with Gasteiger partial charge >= 0.3 is 0 Å². The van der Waals surface area contributed by atoms with E-state index in [1.165, 1.54) is 19.3 Å². The molecule has 1 aromatic heterocycles. The number of hydrogen-bond donors (Lipinski definition) is 1. The summed E-state index contributed by atoms with van der Waals surface area (Å²) in [7, 11) is 1.65. The highest BCUT2D eigenvalue weighted by atomic mass is 16.5. The molecule has 2 N–H and O–H groups in total. The molecule has 4 nitrogen and oxygen atoms in total. The van der Waals surface area contributed by atoms with Crippen molar-refractivity contribution in [1.82, 2.24) is 4.98 Å². The highest BCUT2D eigenvalue weighted by Gasteiger charge is 2.13. The van der Waals surface area contributed by atoms with E-state index in [0.29, 0.717) is 5.69 Å². The average Bonchev–Trinajstić information content (AvgIpc) is 2.47. The van der Waals surface area contributed by atoms with E-state index >= 15 is 0 Å². The lowest BCUT2D eigenvalue weighted by Crippen LogP contribution is -2.30. The second-order valence-corrected chi connectivity index (χ2v) is 5.01. The Hall–Kier alpha value is -1.97. The maximum Gasteiger partial charge on any atom is 0.129 e. The number of aromatic nitrogens is 1. The van der Waals surface area contributed by atoms with Crippen molar-refractivity contribution in [2.45, 2.75) is 19.3 Å². The Bertz CT molecular complexity index is 591. The Morgan fingerprint density at radius 1 is 1.16 bits per heavy atom. The van der Waals surface area contributed by atoms with Crippen LogP contribution in [0, 0.1) is 0 Å². The summed E-state index contributed by atoms with van der Waals surface area (Å²) in [5.74, 6) is 1.81. The van der Waals surface area contributed by atoms with Crippen LogP contribution in [0.4, 0.5) is 11.5 Å². The van der Waals surface area contributed by atoms with Gasteiger partial charge in [-0.1, -0.05) is 0 Å². The van der Waals surface area contributed by atoms with Crippen molar-refractivity contribution in [2.75, 3.05) is 30.8 Å². The first-order valence-corrected chi connectivity index (χ1v) is 6.77. The zero-order valence-electron chi connectivity index (χ0n) is 11.2. The summed E-state index contributed by atoms with van der Waals surface area (Å²) in [5, 5.41) is 1.03. The molecule has 1 aliphatic heterocycles. The van der Waals surface area contributed by atoms with Gasteiger partial charge in [0.1, 0.15) is 11.6 Å². The lowest BCUT2D eigenvalue weighted by molar-refractivity contribution is 0.415. The normalized spacial score (nSPS) is 15.7. The Kier molecular flexibility index (Phi) is 3.15. The quantitative estimate of drug-likeness (QED) is 0.840. The monoisotopic (exact) mass is 257 g/mol. The minimum atomic E-state index is 0.674. The third kappa shape index (κ3) is 2.30. The van der Waals surface area contributed by atoms with E-state index in [2.05, 4.69) is 17.0 Å². The highest BCUT2D eigenvalue weighted by molar-refractivity contribution is 5.91. The van der Waals surface area contributed by atoms with Gasteiger partial charge in [-0.25, -0.2) is 4.98 Å². The van der Waals surface area contributed by atoms with Crippen LogP contribution in [0.5, 0.6) is 5.75 Å². The third-order valence-electron chi connectivity index (χ3n) is 3.70. The minimum absolute atomic E-state index is 0.674. The molecule has 4 heteroatoms. The Balaban J connectivity index is 2.02. The second-order valence-electron chi connectivity index (χ2n) is 5.01. The molecule has 0 spiro atoms.